The molecule has 0 aromatic heterocycles. The van der Waals surface area contributed by atoms with Crippen molar-refractivity contribution in [3.63, 3.8) is 0 Å². The molecule has 2 nitrogen and oxygen atoms in total. The molecule has 2 rings (SSSR count). The van der Waals surface area contributed by atoms with E-state index in [1.807, 2.05) is 30.3 Å². The molecule has 82 valence electrons. The van der Waals surface area contributed by atoms with Crippen LogP contribution in [0, 0.1) is 4.78 Å². The zero-order chi connectivity index (χ0) is 11.4. The molecule has 3 heteroatoms. The summed E-state index contributed by atoms with van der Waals surface area (Å²) in [6, 6.07) is 17.5. The van der Waals surface area contributed by atoms with Gasteiger partial charge in [-0.15, -0.1) is 4.90 Å². The molecule has 0 amide bonds. The molecule has 0 unspecified atom stereocenters. The van der Waals surface area contributed by atoms with Crippen LogP contribution >= 0.6 is 0 Å². The average Bonchev–Trinajstić information content (AvgIpc) is 2.31. The van der Waals surface area contributed by atoms with Crippen LogP contribution in [0.15, 0.2) is 59.5 Å². The summed E-state index contributed by atoms with van der Waals surface area (Å²) in [6.07, 6.45) is 0.867. The van der Waals surface area contributed by atoms with E-state index < -0.39 is 10.6 Å². The maximum atomic E-state index is 10.9. The zero-order valence-electron chi connectivity index (χ0n) is 8.72. The Hall–Kier alpha value is -1.61. The summed E-state index contributed by atoms with van der Waals surface area (Å²) in [4.78, 5) is 0.553. The van der Waals surface area contributed by atoms with Gasteiger partial charge in [0.25, 0.3) is 0 Å². The highest BCUT2D eigenvalue weighted by Gasteiger charge is 1.94. The summed E-state index contributed by atoms with van der Waals surface area (Å²) in [6.45, 7) is 0. The van der Waals surface area contributed by atoms with Crippen molar-refractivity contribution in [1.82, 2.24) is 0 Å². The summed E-state index contributed by atoms with van der Waals surface area (Å²) in [7, 11) is -1.63. The van der Waals surface area contributed by atoms with Crippen molar-refractivity contribution in [2.45, 2.75) is 11.3 Å². The van der Waals surface area contributed by atoms with Crippen LogP contribution in [-0.4, -0.2) is 0 Å². The smallest absolute Gasteiger partial charge is 0.00258 e. The summed E-state index contributed by atoms with van der Waals surface area (Å²) in [5, 5.41) is 0. The van der Waals surface area contributed by atoms with E-state index in [1.165, 1.54) is 11.1 Å². The van der Waals surface area contributed by atoms with Crippen LogP contribution < -0.4 is 0 Å². The van der Waals surface area contributed by atoms with Crippen molar-refractivity contribution in [1.29, 1.82) is 4.78 Å². The molecule has 0 aliphatic carbocycles. The molecule has 0 atom stereocenters. The molecule has 0 aliphatic rings. The van der Waals surface area contributed by atoms with Crippen molar-refractivity contribution in [2.75, 3.05) is 0 Å². The third-order valence-electron chi connectivity index (χ3n) is 2.39. The van der Waals surface area contributed by atoms with Gasteiger partial charge in [0, 0.05) is 0 Å². The van der Waals surface area contributed by atoms with Crippen LogP contribution in [0.25, 0.3) is 0 Å². The molecule has 2 aromatic rings. The third-order valence-corrected chi connectivity index (χ3v) is 3.09. The first-order valence-electron chi connectivity index (χ1n) is 5.01. The maximum Gasteiger partial charge on any atom is -0.00258 e. The molecule has 0 fully saturated rings. The number of rotatable bonds is 3. The first kappa shape index (κ1) is 10.9. The topological polar surface area (TPSA) is 40.9 Å². The number of hydrogen-bond donors (Lipinski definition) is 1. The zero-order valence-corrected chi connectivity index (χ0v) is 9.54. The second-order valence-electron chi connectivity index (χ2n) is 3.58. The molecule has 16 heavy (non-hydrogen) atoms. The fraction of sp³-hybridized carbons (Fsp3) is 0.0769. The SMILES string of the molecule is N=[S-](=O)c1ccc(Cc2ccccc2)cc1. The lowest BCUT2D eigenvalue weighted by Gasteiger charge is -2.05. The Kier molecular flexibility index (Phi) is 3.37. The third kappa shape index (κ3) is 2.70. The lowest BCUT2D eigenvalue weighted by atomic mass is 10.1. The highest BCUT2D eigenvalue weighted by atomic mass is 32.2. The first-order valence-corrected chi connectivity index (χ1v) is 6.16. The van der Waals surface area contributed by atoms with Gasteiger partial charge in [-0.05, 0) is 17.5 Å². The Morgan fingerprint density at radius 2 is 1.44 bits per heavy atom. The highest BCUT2D eigenvalue weighted by Crippen LogP contribution is 2.11. The van der Waals surface area contributed by atoms with Crippen LogP contribution in [0.3, 0.4) is 0 Å². The van der Waals surface area contributed by atoms with Crippen LogP contribution in [0.2, 0.25) is 0 Å². The highest BCUT2D eigenvalue weighted by molar-refractivity contribution is 7.73. The Morgan fingerprint density at radius 3 is 2.00 bits per heavy atom. The predicted molar refractivity (Wildman–Crippen MR) is 64.7 cm³/mol. The summed E-state index contributed by atoms with van der Waals surface area (Å²) in [5.74, 6) is 0. The van der Waals surface area contributed by atoms with Gasteiger partial charge in [0.2, 0.25) is 0 Å². The van der Waals surface area contributed by atoms with E-state index in [4.69, 9.17) is 4.78 Å². The minimum Gasteiger partial charge on any atom is -0.440 e. The molecule has 0 radical (unpaired) electrons. The summed E-state index contributed by atoms with van der Waals surface area (Å²) < 4.78 is 18.0. The molecule has 0 heterocycles. The van der Waals surface area contributed by atoms with Gasteiger partial charge in [0.1, 0.15) is 0 Å². The normalized spacial score (nSPS) is 10.6. The van der Waals surface area contributed by atoms with E-state index in [2.05, 4.69) is 12.1 Å². The van der Waals surface area contributed by atoms with Crippen LogP contribution in [-0.2, 0) is 21.2 Å². The monoisotopic (exact) mass is 230 g/mol. The van der Waals surface area contributed by atoms with E-state index in [0.29, 0.717) is 4.90 Å². The average molecular weight is 230 g/mol. The largest absolute Gasteiger partial charge is 0.440 e. The van der Waals surface area contributed by atoms with Gasteiger partial charge in [-0.2, -0.15) is 10.6 Å². The van der Waals surface area contributed by atoms with Crippen LogP contribution in [0.5, 0.6) is 0 Å². The second-order valence-corrected chi connectivity index (χ2v) is 4.58. The molecule has 0 saturated heterocycles. The van der Waals surface area contributed by atoms with E-state index in [-0.39, 0.29) is 0 Å². The molecule has 0 spiro atoms. The Bertz CT molecular complexity index is 522. The molecule has 0 bridgehead atoms. The Balaban J connectivity index is 2.17. The molecule has 2 aromatic carbocycles. The van der Waals surface area contributed by atoms with Gasteiger partial charge in [-0.3, -0.25) is 0 Å². The fourth-order valence-corrected chi connectivity index (χ4v) is 1.95. The first-order chi connectivity index (χ1) is 7.75. The summed E-state index contributed by atoms with van der Waals surface area (Å²) in [5.41, 5.74) is 2.42. The van der Waals surface area contributed by atoms with Crippen molar-refractivity contribution < 1.29 is 4.21 Å². The van der Waals surface area contributed by atoms with E-state index >= 15 is 0 Å². The number of benzene rings is 2. The van der Waals surface area contributed by atoms with Crippen molar-refractivity contribution in [3.8, 4) is 0 Å². The van der Waals surface area contributed by atoms with Crippen LogP contribution in [0.4, 0.5) is 0 Å². The van der Waals surface area contributed by atoms with Crippen molar-refractivity contribution >= 4 is 10.6 Å². The van der Waals surface area contributed by atoms with Gasteiger partial charge < -0.3 is 8.99 Å². The van der Waals surface area contributed by atoms with Gasteiger partial charge in [-0.25, -0.2) is 0 Å². The fourth-order valence-electron chi connectivity index (χ4n) is 1.56. The Morgan fingerprint density at radius 1 is 0.875 bits per heavy atom. The number of nitrogens with one attached hydrogen (secondary N) is 1. The maximum absolute atomic E-state index is 10.9. The van der Waals surface area contributed by atoms with Gasteiger partial charge >= 0.3 is 0 Å². The quantitative estimate of drug-likeness (QED) is 0.807. The minimum atomic E-state index is -1.63. The van der Waals surface area contributed by atoms with Gasteiger partial charge in [-0.1, -0.05) is 54.6 Å². The lowest BCUT2D eigenvalue weighted by Crippen LogP contribution is -1.87. The van der Waals surface area contributed by atoms with Crippen molar-refractivity contribution in [2.24, 2.45) is 0 Å². The standard InChI is InChI=1S/C13H12NOS/c14-16(15)13-8-6-12(7-9-13)10-11-4-2-1-3-5-11/h1-9,14H,10H2/q-1. The van der Waals surface area contributed by atoms with Gasteiger partial charge in [0.05, 0.1) is 0 Å². The molecule has 0 saturated carbocycles. The molecule has 1 N–H and O–H groups in total. The van der Waals surface area contributed by atoms with Crippen molar-refractivity contribution in [3.05, 3.63) is 65.7 Å². The predicted octanol–water partition coefficient (Wildman–Crippen LogP) is 3.36. The van der Waals surface area contributed by atoms with E-state index in [9.17, 15) is 4.21 Å². The molecule has 0 aliphatic heterocycles. The van der Waals surface area contributed by atoms with E-state index in [0.717, 1.165) is 6.42 Å². The lowest BCUT2D eigenvalue weighted by molar-refractivity contribution is 0.599. The Labute approximate surface area is 97.0 Å². The number of hydrogen-bond acceptors (Lipinski definition) is 3. The second kappa shape index (κ2) is 4.94. The van der Waals surface area contributed by atoms with Gasteiger partial charge in [0.15, 0.2) is 0 Å². The van der Waals surface area contributed by atoms with Crippen LogP contribution in [0.1, 0.15) is 11.1 Å². The molecular weight excluding hydrogens is 218 g/mol. The summed E-state index contributed by atoms with van der Waals surface area (Å²) >= 11 is 0. The minimum absolute atomic E-state index is 0.553. The van der Waals surface area contributed by atoms with E-state index in [1.54, 1.807) is 12.1 Å². The molecular formula is C13H12NOS-.